The molecular formula is C11H10Br2ClNS2. The lowest BCUT2D eigenvalue weighted by atomic mass is 10.3. The van der Waals surface area contributed by atoms with Crippen molar-refractivity contribution in [3.8, 4) is 0 Å². The van der Waals surface area contributed by atoms with Crippen molar-refractivity contribution in [2.24, 2.45) is 0 Å². The maximum absolute atomic E-state index is 5.98. The van der Waals surface area contributed by atoms with Crippen molar-refractivity contribution in [1.82, 2.24) is 5.32 Å². The summed E-state index contributed by atoms with van der Waals surface area (Å²) in [7, 11) is 0. The highest BCUT2D eigenvalue weighted by Crippen LogP contribution is 2.31. The van der Waals surface area contributed by atoms with Crippen LogP contribution in [0.2, 0.25) is 4.34 Å². The van der Waals surface area contributed by atoms with Crippen molar-refractivity contribution in [3.05, 3.63) is 40.5 Å². The predicted octanol–water partition coefficient (Wildman–Crippen LogP) is 5.32. The molecular weight excluding hydrogens is 406 g/mol. The van der Waals surface area contributed by atoms with Crippen LogP contribution in [0.4, 0.5) is 0 Å². The van der Waals surface area contributed by atoms with E-state index >= 15 is 0 Å². The van der Waals surface area contributed by atoms with Gasteiger partial charge in [-0.2, -0.15) is 0 Å². The smallest absolute Gasteiger partial charge is 0.107 e. The zero-order valence-electron chi connectivity index (χ0n) is 8.80. The van der Waals surface area contributed by atoms with Crippen molar-refractivity contribution in [2.45, 2.75) is 13.0 Å². The topological polar surface area (TPSA) is 12.0 Å². The lowest BCUT2D eigenvalue weighted by Crippen LogP contribution is -2.15. The number of hydrogen-bond acceptors (Lipinski definition) is 3. The van der Waals surface area contributed by atoms with Crippen molar-refractivity contribution in [2.75, 3.05) is 6.54 Å². The van der Waals surface area contributed by atoms with Gasteiger partial charge in [0.05, 0.1) is 3.79 Å². The second-order valence-corrected chi connectivity index (χ2v) is 8.61. The van der Waals surface area contributed by atoms with Gasteiger partial charge >= 0.3 is 0 Å². The molecule has 0 aliphatic heterocycles. The fraction of sp³-hybridized carbons (Fsp3) is 0.273. The molecule has 0 atom stereocenters. The Kier molecular flexibility index (Phi) is 5.51. The van der Waals surface area contributed by atoms with Crippen LogP contribution in [0.3, 0.4) is 0 Å². The van der Waals surface area contributed by atoms with Crippen molar-refractivity contribution in [3.63, 3.8) is 0 Å². The third-order valence-corrected chi connectivity index (χ3v) is 6.33. The normalized spacial score (nSPS) is 11.0. The molecule has 0 amide bonds. The maximum atomic E-state index is 5.98. The van der Waals surface area contributed by atoms with E-state index in [1.807, 2.05) is 0 Å². The highest BCUT2D eigenvalue weighted by atomic mass is 79.9. The molecule has 0 radical (unpaired) electrons. The van der Waals surface area contributed by atoms with E-state index in [9.17, 15) is 0 Å². The van der Waals surface area contributed by atoms with Crippen LogP contribution in [0.25, 0.3) is 0 Å². The fourth-order valence-electron chi connectivity index (χ4n) is 1.39. The molecule has 0 aliphatic carbocycles. The Morgan fingerprint density at radius 1 is 1.18 bits per heavy atom. The van der Waals surface area contributed by atoms with Crippen LogP contribution in [-0.4, -0.2) is 6.54 Å². The maximum Gasteiger partial charge on any atom is 0.107 e. The Bertz CT molecular complexity index is 476. The van der Waals surface area contributed by atoms with Crippen LogP contribution in [0.1, 0.15) is 9.75 Å². The number of nitrogens with one attached hydrogen (secondary N) is 1. The third-order valence-electron chi connectivity index (χ3n) is 2.17. The lowest BCUT2D eigenvalue weighted by molar-refractivity contribution is 0.697. The summed E-state index contributed by atoms with van der Waals surface area (Å²) in [6, 6.07) is 6.33. The van der Waals surface area contributed by atoms with E-state index < -0.39 is 0 Å². The van der Waals surface area contributed by atoms with Crippen LogP contribution in [0, 0.1) is 0 Å². The number of halogens is 3. The van der Waals surface area contributed by atoms with Gasteiger partial charge in [-0.05, 0) is 56.5 Å². The average Bonchev–Trinajstić information content (AvgIpc) is 2.82. The Hall–Kier alpha value is 0.610. The monoisotopic (exact) mass is 413 g/mol. The second-order valence-electron chi connectivity index (χ2n) is 3.47. The van der Waals surface area contributed by atoms with Crippen LogP contribution in [-0.2, 0) is 13.0 Å². The molecule has 0 aromatic carbocycles. The summed E-state index contributed by atoms with van der Waals surface area (Å²) >= 11 is 16.3. The molecule has 6 heteroatoms. The van der Waals surface area contributed by atoms with E-state index in [2.05, 4.69) is 55.4 Å². The van der Waals surface area contributed by atoms with E-state index in [-0.39, 0.29) is 0 Å². The van der Waals surface area contributed by atoms with Crippen LogP contribution < -0.4 is 5.32 Å². The standard InChI is InChI=1S/C11H10Br2ClNS2/c12-9-5-8(17-11(9)14)6-15-4-3-7-1-2-10(13)16-7/h1-2,5,15H,3-4,6H2. The zero-order valence-corrected chi connectivity index (χ0v) is 14.4. The molecule has 2 heterocycles. The summed E-state index contributed by atoms with van der Waals surface area (Å²) in [5.74, 6) is 0. The van der Waals surface area contributed by atoms with Gasteiger partial charge in [0.2, 0.25) is 0 Å². The molecule has 2 rings (SSSR count). The van der Waals surface area contributed by atoms with Crippen LogP contribution in [0.5, 0.6) is 0 Å². The minimum Gasteiger partial charge on any atom is -0.311 e. The molecule has 92 valence electrons. The minimum absolute atomic E-state index is 0.823. The predicted molar refractivity (Wildman–Crippen MR) is 84.5 cm³/mol. The zero-order chi connectivity index (χ0) is 12.3. The Morgan fingerprint density at radius 2 is 2.00 bits per heavy atom. The number of rotatable bonds is 5. The Morgan fingerprint density at radius 3 is 2.59 bits per heavy atom. The summed E-state index contributed by atoms with van der Waals surface area (Å²) in [6.07, 6.45) is 1.07. The fourth-order valence-corrected chi connectivity index (χ4v) is 4.63. The molecule has 0 saturated heterocycles. The van der Waals surface area contributed by atoms with Gasteiger partial charge in [0, 0.05) is 27.3 Å². The van der Waals surface area contributed by atoms with Gasteiger partial charge in [-0.3, -0.25) is 0 Å². The first-order chi connectivity index (χ1) is 8.15. The van der Waals surface area contributed by atoms with Crippen molar-refractivity contribution < 1.29 is 0 Å². The molecule has 2 aromatic rings. The largest absolute Gasteiger partial charge is 0.311 e. The van der Waals surface area contributed by atoms with E-state index in [1.54, 1.807) is 22.7 Å². The lowest BCUT2D eigenvalue weighted by Gasteiger charge is -2.00. The molecule has 0 saturated carbocycles. The molecule has 0 spiro atoms. The van der Waals surface area contributed by atoms with Gasteiger partial charge in [0.1, 0.15) is 4.34 Å². The first kappa shape index (κ1) is 14.0. The van der Waals surface area contributed by atoms with Gasteiger partial charge in [0.15, 0.2) is 0 Å². The van der Waals surface area contributed by atoms with Gasteiger partial charge in [-0.25, -0.2) is 0 Å². The van der Waals surface area contributed by atoms with E-state index in [1.165, 1.54) is 13.5 Å². The minimum atomic E-state index is 0.823. The molecule has 1 nitrogen and oxygen atoms in total. The molecule has 0 bridgehead atoms. The van der Waals surface area contributed by atoms with E-state index in [4.69, 9.17) is 11.6 Å². The van der Waals surface area contributed by atoms with E-state index in [0.29, 0.717) is 0 Å². The second kappa shape index (κ2) is 6.68. The highest BCUT2D eigenvalue weighted by molar-refractivity contribution is 9.11. The summed E-state index contributed by atoms with van der Waals surface area (Å²) in [4.78, 5) is 2.66. The molecule has 17 heavy (non-hydrogen) atoms. The number of hydrogen-bond donors (Lipinski definition) is 1. The quantitative estimate of drug-likeness (QED) is 0.652. The van der Waals surface area contributed by atoms with Crippen LogP contribution in [0.15, 0.2) is 26.5 Å². The number of thiophene rings is 2. The summed E-state index contributed by atoms with van der Waals surface area (Å²) < 4.78 is 3.01. The Balaban J connectivity index is 1.73. The highest BCUT2D eigenvalue weighted by Gasteiger charge is 2.04. The third kappa shape index (κ3) is 4.33. The SMILES string of the molecule is Clc1sc(CNCCc2ccc(Br)s2)cc1Br. The molecule has 0 fully saturated rings. The molecule has 0 aliphatic rings. The van der Waals surface area contributed by atoms with Crippen molar-refractivity contribution >= 4 is 66.1 Å². The van der Waals surface area contributed by atoms with E-state index in [0.717, 1.165) is 28.3 Å². The summed E-state index contributed by atoms with van der Waals surface area (Å²) in [6.45, 7) is 1.86. The Labute approximate surface area is 130 Å². The van der Waals surface area contributed by atoms with Gasteiger partial charge in [-0.1, -0.05) is 11.6 Å². The van der Waals surface area contributed by atoms with Gasteiger partial charge < -0.3 is 5.32 Å². The molecule has 1 N–H and O–H groups in total. The first-order valence-corrected chi connectivity index (χ1v) is 8.63. The molecule has 0 unspecified atom stereocenters. The first-order valence-electron chi connectivity index (χ1n) is 5.04. The van der Waals surface area contributed by atoms with Gasteiger partial charge in [0.25, 0.3) is 0 Å². The molecule has 2 aromatic heterocycles. The van der Waals surface area contributed by atoms with Crippen LogP contribution >= 0.6 is 66.1 Å². The van der Waals surface area contributed by atoms with Gasteiger partial charge in [-0.15, -0.1) is 22.7 Å². The van der Waals surface area contributed by atoms with Crippen molar-refractivity contribution in [1.29, 1.82) is 0 Å². The summed E-state index contributed by atoms with van der Waals surface area (Å²) in [5, 5.41) is 3.42. The summed E-state index contributed by atoms with van der Waals surface area (Å²) in [5.41, 5.74) is 0. The average molecular weight is 416 g/mol.